The molecule has 1 aliphatic heterocycles. The van der Waals surface area contributed by atoms with Gasteiger partial charge in [-0.2, -0.15) is 0 Å². The fraction of sp³-hybridized carbons (Fsp3) is 0.308. The second kappa shape index (κ2) is 11.7. The fourth-order valence-electron chi connectivity index (χ4n) is 4.24. The summed E-state index contributed by atoms with van der Waals surface area (Å²) in [6, 6.07) is 4.95. The van der Waals surface area contributed by atoms with E-state index in [2.05, 4.69) is 27.2 Å². The van der Waals surface area contributed by atoms with Crippen LogP contribution in [-0.2, 0) is 9.59 Å². The molecule has 0 unspecified atom stereocenters. The van der Waals surface area contributed by atoms with E-state index in [0.717, 1.165) is 17.0 Å². The van der Waals surface area contributed by atoms with Gasteiger partial charge in [0.2, 0.25) is 5.91 Å². The van der Waals surface area contributed by atoms with E-state index in [-0.39, 0.29) is 30.1 Å². The lowest BCUT2D eigenvalue weighted by atomic mass is 10.0. The fourth-order valence-corrected chi connectivity index (χ4v) is 4.41. The van der Waals surface area contributed by atoms with Crippen LogP contribution in [0.2, 0.25) is 5.02 Å². The minimum atomic E-state index is -0.954. The van der Waals surface area contributed by atoms with E-state index in [9.17, 15) is 18.4 Å². The molecular weight excluding hydrogens is 520 g/mol. The third-order valence-corrected chi connectivity index (χ3v) is 6.53. The topological polar surface area (TPSA) is 106 Å². The number of amides is 2. The quantitative estimate of drug-likeness (QED) is 0.317. The number of ether oxygens (including phenoxy) is 2. The monoisotopic (exact) mass is 545 g/mol. The molecule has 12 heteroatoms. The number of carbonyl (C=O) groups is 2. The van der Waals surface area contributed by atoms with Crippen molar-refractivity contribution in [2.24, 2.45) is 0 Å². The molecular formula is C26H26ClF2N5O4. The highest BCUT2D eigenvalue weighted by molar-refractivity contribution is 6.31. The number of piperidine rings is 1. The smallest absolute Gasteiger partial charge is 0.252 e. The number of rotatable bonds is 8. The molecule has 2 aromatic carbocycles. The van der Waals surface area contributed by atoms with Crippen molar-refractivity contribution in [2.75, 3.05) is 25.5 Å². The standard InChI is InChI=1S/C26H26ClF2N5O4/c1-4-22(35)34(5-2)26(36)19-10-14(8-9-30-19)38-21-11-15-18(12-20(21)37-3)31-13-32-25(15)33-17-7-6-16(28)23(27)24(17)29/h4,6-7,11-14,19,30H,1,5,8-10H2,2-3H3,(H,31,32,33)/t14-,19-/m0/s1. The summed E-state index contributed by atoms with van der Waals surface area (Å²) in [7, 11) is 1.49. The Balaban J connectivity index is 1.61. The molecule has 1 aliphatic rings. The number of imide groups is 1. The minimum Gasteiger partial charge on any atom is -0.493 e. The minimum absolute atomic E-state index is 0.0658. The van der Waals surface area contributed by atoms with Crippen LogP contribution in [0.25, 0.3) is 10.9 Å². The van der Waals surface area contributed by atoms with Crippen molar-refractivity contribution in [3.05, 3.63) is 59.9 Å². The highest BCUT2D eigenvalue weighted by Crippen LogP contribution is 2.37. The van der Waals surface area contributed by atoms with Crippen LogP contribution in [0.1, 0.15) is 19.8 Å². The van der Waals surface area contributed by atoms with Gasteiger partial charge >= 0.3 is 0 Å². The third-order valence-electron chi connectivity index (χ3n) is 6.18. The Morgan fingerprint density at radius 2 is 2.08 bits per heavy atom. The molecule has 2 heterocycles. The SMILES string of the molecule is C=CC(=O)N(CC)C(=O)[C@@H]1C[C@@H](Oc2cc3c(Nc4ccc(F)c(Cl)c4F)ncnc3cc2OC)CCN1. The van der Waals surface area contributed by atoms with Crippen molar-refractivity contribution < 1.29 is 27.8 Å². The van der Waals surface area contributed by atoms with Gasteiger partial charge in [-0.3, -0.25) is 14.5 Å². The summed E-state index contributed by atoms with van der Waals surface area (Å²) in [6.07, 6.45) is 2.94. The number of benzene rings is 2. The summed E-state index contributed by atoms with van der Waals surface area (Å²) in [6.45, 7) is 5.90. The Labute approximate surface area is 222 Å². The van der Waals surface area contributed by atoms with Gasteiger partial charge in [-0.15, -0.1) is 0 Å². The van der Waals surface area contributed by atoms with E-state index < -0.39 is 28.6 Å². The van der Waals surface area contributed by atoms with Crippen LogP contribution in [0.4, 0.5) is 20.3 Å². The first-order valence-electron chi connectivity index (χ1n) is 11.9. The number of fused-ring (bicyclic) bond motifs is 1. The van der Waals surface area contributed by atoms with Gasteiger partial charge in [0.1, 0.15) is 29.1 Å². The molecule has 0 bridgehead atoms. The first-order chi connectivity index (χ1) is 18.3. The highest BCUT2D eigenvalue weighted by Gasteiger charge is 2.33. The number of nitrogens with one attached hydrogen (secondary N) is 2. The Morgan fingerprint density at radius 1 is 1.29 bits per heavy atom. The molecule has 3 aromatic rings. The Bertz CT molecular complexity index is 1390. The average Bonchev–Trinajstić information content (AvgIpc) is 2.93. The number of aromatic nitrogens is 2. The van der Waals surface area contributed by atoms with Crippen LogP contribution in [0.3, 0.4) is 0 Å². The number of hydrogen-bond donors (Lipinski definition) is 2. The van der Waals surface area contributed by atoms with E-state index in [1.807, 2.05) is 0 Å². The molecule has 200 valence electrons. The number of likely N-dealkylation sites (N-methyl/N-ethyl adjacent to an activating group) is 1. The van der Waals surface area contributed by atoms with Crippen LogP contribution >= 0.6 is 11.6 Å². The first kappa shape index (κ1) is 27.2. The van der Waals surface area contributed by atoms with Gasteiger partial charge in [0.25, 0.3) is 5.91 Å². The van der Waals surface area contributed by atoms with Gasteiger partial charge in [0.15, 0.2) is 17.3 Å². The summed E-state index contributed by atoms with van der Waals surface area (Å²) in [5.41, 5.74) is 0.421. The van der Waals surface area contributed by atoms with Crippen molar-refractivity contribution in [1.29, 1.82) is 0 Å². The maximum absolute atomic E-state index is 14.5. The van der Waals surface area contributed by atoms with E-state index >= 15 is 0 Å². The Hall–Kier alpha value is -3.83. The van der Waals surface area contributed by atoms with E-state index in [1.165, 1.54) is 19.5 Å². The van der Waals surface area contributed by atoms with Crippen LogP contribution in [0, 0.1) is 11.6 Å². The van der Waals surface area contributed by atoms with Gasteiger partial charge in [0, 0.05) is 24.4 Å². The molecule has 38 heavy (non-hydrogen) atoms. The number of hydrogen-bond acceptors (Lipinski definition) is 8. The molecule has 0 spiro atoms. The van der Waals surface area contributed by atoms with Crippen LogP contribution in [-0.4, -0.2) is 59.0 Å². The number of carbonyl (C=O) groups excluding carboxylic acids is 2. The molecule has 2 amide bonds. The lowest BCUT2D eigenvalue weighted by Crippen LogP contribution is -2.53. The van der Waals surface area contributed by atoms with Crippen molar-refractivity contribution >= 4 is 45.8 Å². The lowest BCUT2D eigenvalue weighted by Gasteiger charge is -2.32. The molecule has 0 saturated carbocycles. The van der Waals surface area contributed by atoms with Crippen LogP contribution < -0.4 is 20.1 Å². The Kier molecular flexibility index (Phi) is 8.38. The summed E-state index contributed by atoms with van der Waals surface area (Å²) in [5, 5.41) is 5.83. The summed E-state index contributed by atoms with van der Waals surface area (Å²) < 4.78 is 39.9. The maximum atomic E-state index is 14.5. The van der Waals surface area contributed by atoms with Crippen molar-refractivity contribution in [2.45, 2.75) is 31.9 Å². The zero-order valence-electron chi connectivity index (χ0n) is 20.8. The highest BCUT2D eigenvalue weighted by atomic mass is 35.5. The number of methoxy groups -OCH3 is 1. The predicted molar refractivity (Wildman–Crippen MR) is 139 cm³/mol. The molecule has 0 aliphatic carbocycles. The van der Waals surface area contributed by atoms with Crippen LogP contribution in [0.15, 0.2) is 43.2 Å². The molecule has 4 rings (SSSR count). The van der Waals surface area contributed by atoms with Gasteiger partial charge in [-0.25, -0.2) is 18.7 Å². The predicted octanol–water partition coefficient (Wildman–Crippen LogP) is 4.37. The molecule has 1 saturated heterocycles. The van der Waals surface area contributed by atoms with Crippen molar-refractivity contribution in [3.63, 3.8) is 0 Å². The van der Waals surface area contributed by atoms with Gasteiger partial charge in [-0.1, -0.05) is 18.2 Å². The zero-order valence-corrected chi connectivity index (χ0v) is 21.5. The normalized spacial score (nSPS) is 17.1. The summed E-state index contributed by atoms with van der Waals surface area (Å²) >= 11 is 5.71. The van der Waals surface area contributed by atoms with Crippen molar-refractivity contribution in [1.82, 2.24) is 20.2 Å². The molecule has 9 nitrogen and oxygen atoms in total. The molecule has 1 fully saturated rings. The zero-order chi connectivity index (χ0) is 27.4. The van der Waals surface area contributed by atoms with Gasteiger partial charge in [-0.05, 0) is 44.2 Å². The van der Waals surface area contributed by atoms with Gasteiger partial charge < -0.3 is 20.1 Å². The molecule has 0 radical (unpaired) electrons. The molecule has 2 atom stereocenters. The average molecular weight is 546 g/mol. The van der Waals surface area contributed by atoms with E-state index in [1.54, 1.807) is 19.1 Å². The van der Waals surface area contributed by atoms with Gasteiger partial charge in [0.05, 0.1) is 24.4 Å². The number of halogens is 3. The first-order valence-corrected chi connectivity index (χ1v) is 12.3. The largest absolute Gasteiger partial charge is 0.493 e. The van der Waals surface area contributed by atoms with Crippen LogP contribution in [0.5, 0.6) is 11.5 Å². The van der Waals surface area contributed by atoms with E-state index in [0.29, 0.717) is 41.8 Å². The second-order valence-electron chi connectivity index (χ2n) is 8.49. The molecule has 1 aromatic heterocycles. The van der Waals surface area contributed by atoms with Crippen molar-refractivity contribution in [3.8, 4) is 11.5 Å². The Morgan fingerprint density at radius 3 is 2.79 bits per heavy atom. The molecule has 2 N–H and O–H groups in total. The summed E-state index contributed by atoms with van der Waals surface area (Å²) in [5.74, 6) is -1.64. The number of anilines is 2. The lowest BCUT2D eigenvalue weighted by molar-refractivity contribution is -0.144. The summed E-state index contributed by atoms with van der Waals surface area (Å²) in [4.78, 5) is 34.6. The maximum Gasteiger partial charge on any atom is 0.252 e. The second-order valence-corrected chi connectivity index (χ2v) is 8.86. The van der Waals surface area contributed by atoms with E-state index in [4.69, 9.17) is 21.1 Å². The number of nitrogens with zero attached hydrogens (tertiary/aromatic N) is 3. The third kappa shape index (κ3) is 5.53.